The van der Waals surface area contributed by atoms with Crippen molar-refractivity contribution in [3.63, 3.8) is 0 Å². The highest BCUT2D eigenvalue weighted by Gasteiger charge is 2.16. The molecule has 0 N–H and O–H groups in total. The van der Waals surface area contributed by atoms with Gasteiger partial charge in [0, 0.05) is 22.3 Å². The number of rotatable bonds is 8. The van der Waals surface area contributed by atoms with Gasteiger partial charge in [-0.2, -0.15) is 0 Å². The zero-order valence-corrected chi connectivity index (χ0v) is 10.8. The van der Waals surface area contributed by atoms with Gasteiger partial charge in [-0.1, -0.05) is 26.7 Å². The van der Waals surface area contributed by atoms with Crippen LogP contribution in [0.3, 0.4) is 0 Å². The van der Waals surface area contributed by atoms with Crippen LogP contribution >= 0.6 is 0 Å². The van der Waals surface area contributed by atoms with Gasteiger partial charge in [-0.15, -0.1) is 0 Å². The standard InChI is InChI=1S/C11H22O3S/c1-4-6-7-8-15(13)9-10(3)11(12)14-5-2/h10H,4-9H2,1-3H3. The van der Waals surface area contributed by atoms with Crippen LogP contribution in [0.2, 0.25) is 0 Å². The Labute approximate surface area is 95.0 Å². The fourth-order valence-corrected chi connectivity index (χ4v) is 2.61. The molecule has 0 aromatic rings. The summed E-state index contributed by atoms with van der Waals surface area (Å²) in [5, 5.41) is 0. The van der Waals surface area contributed by atoms with E-state index in [9.17, 15) is 9.00 Å². The molecule has 0 spiro atoms. The number of carbonyl (C=O) groups excluding carboxylic acids is 1. The molecular weight excluding hydrogens is 212 g/mol. The number of unbranched alkanes of at least 4 members (excludes halogenated alkanes) is 2. The largest absolute Gasteiger partial charge is 0.466 e. The molecule has 90 valence electrons. The Kier molecular flexibility index (Phi) is 8.67. The molecule has 0 amide bonds. The molecule has 2 atom stereocenters. The minimum atomic E-state index is -0.877. The fourth-order valence-electron chi connectivity index (χ4n) is 1.23. The third kappa shape index (κ3) is 7.54. The molecular formula is C11H22O3S. The summed E-state index contributed by atoms with van der Waals surface area (Å²) in [6.45, 7) is 6.06. The van der Waals surface area contributed by atoms with E-state index in [0.717, 1.165) is 19.3 Å². The lowest BCUT2D eigenvalue weighted by Gasteiger charge is -2.09. The average molecular weight is 234 g/mol. The van der Waals surface area contributed by atoms with Gasteiger partial charge in [0.2, 0.25) is 0 Å². The Balaban J connectivity index is 3.70. The predicted octanol–water partition coefficient (Wildman–Crippen LogP) is 2.12. The van der Waals surface area contributed by atoms with Crippen LogP contribution in [-0.2, 0) is 20.3 Å². The summed E-state index contributed by atoms with van der Waals surface area (Å²) in [6, 6.07) is 0. The van der Waals surface area contributed by atoms with E-state index in [1.807, 2.05) is 0 Å². The normalized spacial score (nSPS) is 14.6. The summed E-state index contributed by atoms with van der Waals surface area (Å²) in [5.74, 6) is 0.661. The molecule has 0 rings (SSSR count). The maximum absolute atomic E-state index is 11.5. The first kappa shape index (κ1) is 14.6. The Morgan fingerprint density at radius 3 is 2.53 bits per heavy atom. The van der Waals surface area contributed by atoms with E-state index in [1.165, 1.54) is 0 Å². The van der Waals surface area contributed by atoms with Crippen molar-refractivity contribution >= 4 is 16.8 Å². The first-order valence-corrected chi connectivity index (χ1v) is 7.12. The fraction of sp³-hybridized carbons (Fsp3) is 0.909. The molecule has 4 heteroatoms. The van der Waals surface area contributed by atoms with Crippen molar-refractivity contribution in [3.05, 3.63) is 0 Å². The third-order valence-electron chi connectivity index (χ3n) is 2.10. The van der Waals surface area contributed by atoms with Crippen LogP contribution in [0.5, 0.6) is 0 Å². The van der Waals surface area contributed by atoms with Crippen molar-refractivity contribution in [2.24, 2.45) is 5.92 Å². The summed E-state index contributed by atoms with van der Waals surface area (Å²) in [7, 11) is -0.877. The van der Waals surface area contributed by atoms with Gasteiger partial charge < -0.3 is 4.74 Å². The van der Waals surface area contributed by atoms with Gasteiger partial charge in [-0.05, 0) is 13.3 Å². The van der Waals surface area contributed by atoms with Gasteiger partial charge in [-0.3, -0.25) is 9.00 Å². The molecule has 2 unspecified atom stereocenters. The van der Waals surface area contributed by atoms with Crippen LogP contribution in [-0.4, -0.2) is 28.3 Å². The minimum Gasteiger partial charge on any atom is -0.466 e. The molecule has 0 bridgehead atoms. The Morgan fingerprint density at radius 1 is 1.33 bits per heavy atom. The van der Waals surface area contributed by atoms with E-state index in [0.29, 0.717) is 18.1 Å². The monoisotopic (exact) mass is 234 g/mol. The van der Waals surface area contributed by atoms with Crippen molar-refractivity contribution < 1.29 is 13.7 Å². The van der Waals surface area contributed by atoms with Gasteiger partial charge in [0.1, 0.15) is 0 Å². The van der Waals surface area contributed by atoms with Gasteiger partial charge in [0.15, 0.2) is 0 Å². The number of hydrogen-bond donors (Lipinski definition) is 0. The maximum Gasteiger partial charge on any atom is 0.309 e. The van der Waals surface area contributed by atoms with Crippen molar-refractivity contribution in [1.82, 2.24) is 0 Å². The number of esters is 1. The molecule has 0 aliphatic carbocycles. The van der Waals surface area contributed by atoms with E-state index >= 15 is 0 Å². The highest BCUT2D eigenvalue weighted by molar-refractivity contribution is 7.85. The lowest BCUT2D eigenvalue weighted by molar-refractivity contribution is -0.146. The molecule has 0 radical (unpaired) electrons. The second kappa shape index (κ2) is 8.89. The molecule has 0 aliphatic rings. The number of carbonyl (C=O) groups is 1. The molecule has 0 aliphatic heterocycles. The smallest absolute Gasteiger partial charge is 0.309 e. The van der Waals surface area contributed by atoms with E-state index in [1.54, 1.807) is 13.8 Å². The predicted molar refractivity (Wildman–Crippen MR) is 63.2 cm³/mol. The molecule has 3 nitrogen and oxygen atoms in total. The first-order valence-electron chi connectivity index (χ1n) is 5.63. The highest BCUT2D eigenvalue weighted by atomic mass is 32.2. The SMILES string of the molecule is CCCCCS(=O)CC(C)C(=O)OCC. The summed E-state index contributed by atoms with van der Waals surface area (Å²) in [6.07, 6.45) is 3.23. The first-order chi connectivity index (χ1) is 7.11. The zero-order valence-electron chi connectivity index (χ0n) is 9.95. The van der Waals surface area contributed by atoms with Gasteiger partial charge in [0.25, 0.3) is 0 Å². The molecule has 0 fully saturated rings. The van der Waals surface area contributed by atoms with E-state index in [4.69, 9.17) is 4.74 Å². The topological polar surface area (TPSA) is 43.4 Å². The van der Waals surface area contributed by atoms with E-state index in [-0.39, 0.29) is 11.9 Å². The third-order valence-corrected chi connectivity index (χ3v) is 3.72. The summed E-state index contributed by atoms with van der Waals surface area (Å²) >= 11 is 0. The summed E-state index contributed by atoms with van der Waals surface area (Å²) < 4.78 is 16.4. The molecule has 0 aromatic carbocycles. The second-order valence-electron chi connectivity index (χ2n) is 3.67. The summed E-state index contributed by atoms with van der Waals surface area (Å²) in [5.41, 5.74) is 0. The molecule has 0 saturated carbocycles. The van der Waals surface area contributed by atoms with Crippen molar-refractivity contribution in [2.75, 3.05) is 18.1 Å². The minimum absolute atomic E-state index is 0.235. The Bertz CT molecular complexity index is 204. The number of hydrogen-bond acceptors (Lipinski definition) is 3. The summed E-state index contributed by atoms with van der Waals surface area (Å²) in [4.78, 5) is 11.3. The number of ether oxygens (including phenoxy) is 1. The molecule has 0 saturated heterocycles. The van der Waals surface area contributed by atoms with Crippen LogP contribution in [0.1, 0.15) is 40.0 Å². The van der Waals surface area contributed by atoms with E-state index < -0.39 is 10.8 Å². The Hall–Kier alpha value is -0.380. The van der Waals surface area contributed by atoms with Crippen molar-refractivity contribution in [2.45, 2.75) is 40.0 Å². The molecule has 0 heterocycles. The van der Waals surface area contributed by atoms with Gasteiger partial charge >= 0.3 is 5.97 Å². The lowest BCUT2D eigenvalue weighted by atomic mass is 10.2. The zero-order chi connectivity index (χ0) is 11.7. The van der Waals surface area contributed by atoms with Crippen LogP contribution < -0.4 is 0 Å². The van der Waals surface area contributed by atoms with Crippen LogP contribution in [0.25, 0.3) is 0 Å². The van der Waals surface area contributed by atoms with Gasteiger partial charge in [0.05, 0.1) is 12.5 Å². The van der Waals surface area contributed by atoms with Gasteiger partial charge in [-0.25, -0.2) is 0 Å². The Morgan fingerprint density at radius 2 is 2.00 bits per heavy atom. The molecule has 0 aromatic heterocycles. The van der Waals surface area contributed by atoms with Crippen LogP contribution in [0.15, 0.2) is 0 Å². The lowest BCUT2D eigenvalue weighted by Crippen LogP contribution is -2.21. The van der Waals surface area contributed by atoms with Crippen molar-refractivity contribution in [3.8, 4) is 0 Å². The average Bonchev–Trinajstić information content (AvgIpc) is 2.18. The van der Waals surface area contributed by atoms with Crippen LogP contribution in [0, 0.1) is 5.92 Å². The molecule has 15 heavy (non-hydrogen) atoms. The quantitative estimate of drug-likeness (QED) is 0.477. The van der Waals surface area contributed by atoms with Crippen molar-refractivity contribution in [1.29, 1.82) is 0 Å². The highest BCUT2D eigenvalue weighted by Crippen LogP contribution is 2.04. The van der Waals surface area contributed by atoms with E-state index in [2.05, 4.69) is 6.92 Å². The second-order valence-corrected chi connectivity index (χ2v) is 5.29. The maximum atomic E-state index is 11.5. The van der Waals surface area contributed by atoms with Crippen LogP contribution in [0.4, 0.5) is 0 Å².